The number of nitrogens with zero attached hydrogens (tertiary/aromatic N) is 4. The Hall–Kier alpha value is -1.03. The number of para-hydroxylation sites is 4. The summed E-state index contributed by atoms with van der Waals surface area (Å²) in [4.78, 5) is 11.0. The van der Waals surface area contributed by atoms with Gasteiger partial charge in [0.1, 0.15) is 0 Å². The average Bonchev–Trinajstić information content (AvgIpc) is 0.713. The largest absolute Gasteiger partial charge is 1.00 e. The Bertz CT molecular complexity index is 2080. The molecule has 3 fully saturated rings. The molecule has 10 nitrogen and oxygen atoms in total. The van der Waals surface area contributed by atoms with Crippen molar-refractivity contribution in [2.24, 2.45) is 41.0 Å². The van der Waals surface area contributed by atoms with E-state index in [4.69, 9.17) is 8.96 Å². The molecular weight excluding hydrogens is 1360 g/mol. The van der Waals surface area contributed by atoms with Gasteiger partial charge in [0.05, 0.1) is 0 Å². The van der Waals surface area contributed by atoms with Crippen LogP contribution in [0, 0.1) is 29.1 Å². The fourth-order valence-electron chi connectivity index (χ4n) is 13.8. The first-order valence-electron chi connectivity index (χ1n) is 40.5. The van der Waals surface area contributed by atoms with Gasteiger partial charge in [-0.25, -0.2) is 0 Å². The minimum atomic E-state index is 0. The molecule has 0 aromatic heterocycles. The van der Waals surface area contributed by atoms with Crippen LogP contribution in [-0.2, 0) is 38.5 Å². The molecule has 106 heavy (non-hydrogen) atoms. The Morgan fingerprint density at radius 1 is 0.358 bits per heavy atom. The van der Waals surface area contributed by atoms with Crippen LogP contribution in [0.3, 0.4) is 0 Å². The first-order chi connectivity index (χ1) is 46.7. The van der Waals surface area contributed by atoms with Gasteiger partial charge in [-0.3, -0.25) is 0 Å². The van der Waals surface area contributed by atoms with Crippen molar-refractivity contribution in [2.45, 2.75) is 375 Å². The van der Waals surface area contributed by atoms with Gasteiger partial charge in [-0.1, -0.05) is 384 Å². The number of anilines is 4. The van der Waals surface area contributed by atoms with Crippen molar-refractivity contribution in [1.82, 2.24) is 12.3 Å². The Kier molecular flexibility index (Phi) is 174. The third kappa shape index (κ3) is 55.4. The molecule has 2 heterocycles. The second-order valence-electron chi connectivity index (χ2n) is 20.9. The second-order valence-corrected chi connectivity index (χ2v) is 20.9. The topological polar surface area (TPSA) is 202 Å². The molecule has 5 unspecified atom stereocenters. The fourth-order valence-corrected chi connectivity index (χ4v) is 13.8. The van der Waals surface area contributed by atoms with Crippen LogP contribution in [0.4, 0.5) is 31.7 Å². The molecule has 14 N–H and O–H groups in total. The molecule has 0 amide bonds. The maximum atomic E-state index is 9.00. The summed E-state index contributed by atoms with van der Waals surface area (Å²) in [5.41, 5.74) is 15.7. The van der Waals surface area contributed by atoms with Crippen LogP contribution in [0.1, 0.15) is 370 Å². The number of unbranched alkanes of at least 4 members (excludes halogenated alkanes) is 4. The maximum Gasteiger partial charge on any atom is 1.00 e. The van der Waals surface area contributed by atoms with Gasteiger partial charge in [-0.2, -0.15) is 11.9 Å². The monoisotopic (exact) mass is 1560 g/mol. The summed E-state index contributed by atoms with van der Waals surface area (Å²) >= 11 is 0. The average molecular weight is 1560 g/mol. The summed E-state index contributed by atoms with van der Waals surface area (Å²) in [5, 5.41) is 0. The molecule has 14 heteroatoms. The quantitative estimate of drug-likeness (QED) is 0.0338. The van der Waals surface area contributed by atoms with Gasteiger partial charge in [0.25, 0.3) is 0 Å². The molecule has 1 spiro atoms. The van der Waals surface area contributed by atoms with Crippen molar-refractivity contribution in [3.63, 3.8) is 0 Å². The van der Waals surface area contributed by atoms with Crippen LogP contribution in [0.2, 0.25) is 0 Å². The predicted molar refractivity (Wildman–Crippen MR) is 497 cm³/mol. The molecule has 636 valence electrons. The van der Waals surface area contributed by atoms with E-state index in [9.17, 15) is 0 Å². The van der Waals surface area contributed by atoms with E-state index in [1.165, 1.54) is 136 Å². The van der Waals surface area contributed by atoms with Gasteiger partial charge >= 0.3 is 103 Å². The molecule has 3 aliphatic rings. The van der Waals surface area contributed by atoms with Gasteiger partial charge in [0.15, 0.2) is 0 Å². The van der Waals surface area contributed by atoms with E-state index in [1.54, 1.807) is 16.8 Å². The Balaban J connectivity index is -0.0000000539. The van der Waals surface area contributed by atoms with Crippen molar-refractivity contribution in [2.75, 3.05) is 72.0 Å². The van der Waals surface area contributed by atoms with E-state index in [1.807, 2.05) is 166 Å². The number of hydrogen-bond acceptors (Lipinski definition) is 8. The third-order valence-electron chi connectivity index (χ3n) is 17.0. The molecule has 4 aromatic rings. The first kappa shape index (κ1) is 157. The predicted octanol–water partition coefficient (Wildman–Crippen LogP) is 26.8. The van der Waals surface area contributed by atoms with Gasteiger partial charge in [-0.15, -0.1) is 8.96 Å². The van der Waals surface area contributed by atoms with Crippen LogP contribution < -0.4 is 147 Å². The zero-order chi connectivity index (χ0) is 75.8. The summed E-state index contributed by atoms with van der Waals surface area (Å²) < 4.78 is 18.0. The molecule has 2 saturated heterocycles. The van der Waals surface area contributed by atoms with Crippen LogP contribution in [0.25, 0.3) is 12.3 Å². The minimum Gasteiger partial charge on any atom is -0.693 e. The van der Waals surface area contributed by atoms with E-state index < -0.39 is 0 Å². The number of benzene rings is 4. The van der Waals surface area contributed by atoms with Gasteiger partial charge in [0.2, 0.25) is 0 Å². The van der Waals surface area contributed by atoms with Crippen molar-refractivity contribution in [3.8, 4) is 0 Å². The van der Waals surface area contributed by atoms with Crippen LogP contribution in [0.15, 0.2) is 84.9 Å². The van der Waals surface area contributed by atoms with E-state index in [2.05, 4.69) is 186 Å². The van der Waals surface area contributed by atoms with Gasteiger partial charge in [-0.05, 0) is 133 Å². The number of piperidine rings is 2. The Morgan fingerprint density at radius 3 is 1.10 bits per heavy atom. The molecule has 5 atom stereocenters. The van der Waals surface area contributed by atoms with Crippen molar-refractivity contribution < 1.29 is 112 Å². The summed E-state index contributed by atoms with van der Waals surface area (Å²) in [6.07, 6.45) is 20.1. The number of rotatable bonds is 22. The summed E-state index contributed by atoms with van der Waals surface area (Å²) in [7, 11) is 0. The molecule has 4 aromatic carbocycles. The van der Waals surface area contributed by atoms with E-state index in [-0.39, 0.29) is 165 Å². The van der Waals surface area contributed by atoms with E-state index in [0.29, 0.717) is 5.41 Å². The van der Waals surface area contributed by atoms with Crippen LogP contribution >= 0.6 is 0 Å². The number of aryl methyl sites for hydroxylation is 6. The molecule has 2 aliphatic heterocycles. The van der Waals surface area contributed by atoms with Gasteiger partial charge in [0, 0.05) is 81.0 Å². The van der Waals surface area contributed by atoms with Crippen molar-refractivity contribution in [3.05, 3.63) is 131 Å². The summed E-state index contributed by atoms with van der Waals surface area (Å²) in [6.45, 7) is 81.2. The third-order valence-corrected chi connectivity index (χ3v) is 17.0. The first-order valence-corrected chi connectivity index (χ1v) is 40.5. The molecule has 7 rings (SSSR count). The zero-order valence-electron chi connectivity index (χ0n) is 75.1. The van der Waals surface area contributed by atoms with E-state index in [0.717, 1.165) is 81.8 Å². The smallest absolute Gasteiger partial charge is 0.693 e. The van der Waals surface area contributed by atoms with Crippen LogP contribution in [-0.4, -0.2) is 52.4 Å². The standard InChI is InChI=1S/C32H46N2.C31H50N2.12C2H6.5CH4.2FH2N.2K.2H3N.2H2N/c1-6-25-14-9-10-18-30(25)33-20-28-17-11-13-23(4)32(28)24(5)19-34(22-29(32)21-33)31-26(7-2)15-12-16-27(31)8-3;1-6-11-12-13-16-24-32(30-22-15-14-19-27(30)8-3)25-18-26-33(23-7-2)31-28(9-4)20-17-21-29(31)10-5;12*1-2;;;;;;2*1-2;;;;;;/h9-10,12,14-16,18,23-24,28-29H,6-8,11,13,17,19-22H2,1-5H3;14-15,17,19-22H,6-13,16,18,23-26H2,1-5H3;12*1-2H3;5*1H4;2*2H2;;;2*1H3;2*1H2/q;;;;;;;;;;;;;;;;;;;;;2*+1;;;2*-1. The number of nitrogens with two attached hydrogens (primary N) is 4. The second kappa shape index (κ2) is 117. The molecule has 1 aliphatic carbocycles. The summed E-state index contributed by atoms with van der Waals surface area (Å²) in [5.74, 6) is 9.13. The fraction of sp³-hybridized carbons (Fsp3) is 0.739. The van der Waals surface area contributed by atoms with Crippen molar-refractivity contribution in [1.29, 1.82) is 0 Å². The normalized spacial score (nSPS) is 14.2. The van der Waals surface area contributed by atoms with Crippen molar-refractivity contribution >= 4 is 22.7 Å². The molecule has 1 saturated carbocycles. The van der Waals surface area contributed by atoms with Gasteiger partial charge < -0.3 is 44.2 Å². The Morgan fingerprint density at radius 2 is 0.698 bits per heavy atom. The SMILES string of the molecule is C.C.C.C.C.CC.CC.CC.CC.CC.CC.CC.CC.CC.CC.CC.CC.CCCCCCCN(CCCN(CCC)c1c(CC)cccc1CC)c1ccccc1CC.CCc1ccccc1N1CC2CCCC(C)C23C(C)CN(c2c(CC)cccc2CC)CC3C1.N.N.NF.NF.[K+].[K+].[NH2-].[NH2-]. The van der Waals surface area contributed by atoms with Crippen LogP contribution in [0.5, 0.6) is 0 Å². The Labute approximate surface area is 757 Å². The molecule has 0 radical (unpaired) electrons. The molecule has 0 bridgehead atoms. The summed E-state index contributed by atoms with van der Waals surface area (Å²) in [6, 6.07) is 32.2. The minimum absolute atomic E-state index is 0. The maximum absolute atomic E-state index is 9.00. The number of halogens is 2. The zero-order valence-corrected chi connectivity index (χ0v) is 81.4. The number of hydrogen-bond donors (Lipinski definition) is 4. The van der Waals surface area contributed by atoms with E-state index >= 15 is 0 Å². The molecular formula is C92H202F2K2N10.